The summed E-state index contributed by atoms with van der Waals surface area (Å²) in [5.74, 6) is -0.866. The van der Waals surface area contributed by atoms with Gasteiger partial charge in [-0.3, -0.25) is 4.79 Å². The summed E-state index contributed by atoms with van der Waals surface area (Å²) < 4.78 is 10.7. The van der Waals surface area contributed by atoms with Crippen LogP contribution in [-0.4, -0.2) is 23.7 Å². The predicted octanol–water partition coefficient (Wildman–Crippen LogP) is 4.13. The molecule has 0 aliphatic carbocycles. The maximum Gasteiger partial charge on any atom is 0.338 e. The molecule has 0 aliphatic heterocycles. The number of phenols is 1. The highest BCUT2D eigenvalue weighted by Crippen LogP contribution is 2.32. The molecule has 0 spiro atoms. The summed E-state index contributed by atoms with van der Waals surface area (Å²) in [4.78, 5) is 24.0. The average Bonchev–Trinajstić information content (AvgIpc) is 2.62. The highest BCUT2D eigenvalue weighted by molar-refractivity contribution is 5.90. The molecule has 0 atom stereocenters. The minimum Gasteiger partial charge on any atom is -0.508 e. The first-order valence-corrected chi connectivity index (χ1v) is 8.25. The van der Waals surface area contributed by atoms with Gasteiger partial charge in [-0.25, -0.2) is 4.79 Å². The Morgan fingerprint density at radius 2 is 1.81 bits per heavy atom. The van der Waals surface area contributed by atoms with Crippen molar-refractivity contribution in [2.24, 2.45) is 5.92 Å². The molecule has 0 unspecified atom stereocenters. The highest BCUT2D eigenvalue weighted by Gasteiger charge is 2.17. The fourth-order valence-electron chi connectivity index (χ4n) is 2.14. The van der Waals surface area contributed by atoms with Crippen molar-refractivity contribution in [3.8, 4) is 11.5 Å². The third kappa shape index (κ3) is 4.72. The number of phenolic OH excluding ortho intramolecular Hbond substituents is 1. The minimum absolute atomic E-state index is 0.0416. The van der Waals surface area contributed by atoms with E-state index in [1.807, 2.05) is 0 Å². The summed E-state index contributed by atoms with van der Waals surface area (Å²) in [6.45, 7) is 8.95. The topological polar surface area (TPSA) is 72.8 Å². The number of aromatic hydroxyl groups is 1. The van der Waals surface area contributed by atoms with Crippen LogP contribution < -0.4 is 4.74 Å². The van der Waals surface area contributed by atoms with E-state index in [0.29, 0.717) is 22.3 Å². The Kier molecular flexibility index (Phi) is 6.17. The van der Waals surface area contributed by atoms with Crippen molar-refractivity contribution in [2.45, 2.75) is 20.8 Å². The lowest BCUT2D eigenvalue weighted by Crippen LogP contribution is -2.16. The molecule has 0 bridgehead atoms. The van der Waals surface area contributed by atoms with Crippen molar-refractivity contribution in [3.63, 3.8) is 0 Å². The van der Waals surface area contributed by atoms with Crippen LogP contribution in [0.15, 0.2) is 49.0 Å². The third-order valence-electron chi connectivity index (χ3n) is 3.75. The van der Waals surface area contributed by atoms with Gasteiger partial charge in [-0.1, -0.05) is 38.6 Å². The first-order valence-electron chi connectivity index (χ1n) is 8.25. The maximum absolute atomic E-state index is 12.1. The summed E-state index contributed by atoms with van der Waals surface area (Å²) >= 11 is 0. The summed E-state index contributed by atoms with van der Waals surface area (Å²) in [6.07, 6.45) is 0. The summed E-state index contributed by atoms with van der Waals surface area (Å²) in [7, 11) is 0. The van der Waals surface area contributed by atoms with Crippen LogP contribution in [0.2, 0.25) is 0 Å². The quantitative estimate of drug-likeness (QED) is 0.624. The smallest absolute Gasteiger partial charge is 0.338 e. The van der Waals surface area contributed by atoms with E-state index < -0.39 is 11.9 Å². The molecular formula is C21H22O5. The van der Waals surface area contributed by atoms with Gasteiger partial charge >= 0.3 is 11.9 Å². The Hall–Kier alpha value is -3.08. The zero-order chi connectivity index (χ0) is 19.3. The van der Waals surface area contributed by atoms with Gasteiger partial charge in [-0.05, 0) is 42.3 Å². The number of esters is 2. The van der Waals surface area contributed by atoms with Gasteiger partial charge in [0.1, 0.15) is 18.1 Å². The maximum atomic E-state index is 12.1. The van der Waals surface area contributed by atoms with Crippen LogP contribution >= 0.6 is 0 Å². The molecule has 2 aromatic rings. The van der Waals surface area contributed by atoms with Crippen molar-refractivity contribution in [1.82, 2.24) is 0 Å². The minimum atomic E-state index is -0.483. The van der Waals surface area contributed by atoms with Gasteiger partial charge in [0.25, 0.3) is 0 Å². The molecular weight excluding hydrogens is 332 g/mol. The lowest BCUT2D eigenvalue weighted by Gasteiger charge is -2.15. The molecule has 0 aliphatic rings. The molecule has 0 saturated heterocycles. The van der Waals surface area contributed by atoms with Crippen LogP contribution in [0.5, 0.6) is 11.5 Å². The molecule has 2 rings (SSSR count). The Balaban J connectivity index is 2.18. The summed E-state index contributed by atoms with van der Waals surface area (Å²) in [5.41, 5.74) is 1.83. The first kappa shape index (κ1) is 19.2. The SMILES string of the molecule is C=C(COC(=O)c1ccccc1)c1cc(O)c(C)cc1OC(=O)C(C)C. The van der Waals surface area contributed by atoms with Gasteiger partial charge in [-0.15, -0.1) is 0 Å². The number of rotatable bonds is 6. The lowest BCUT2D eigenvalue weighted by molar-refractivity contribution is -0.137. The zero-order valence-electron chi connectivity index (χ0n) is 15.1. The van der Waals surface area contributed by atoms with Crippen LogP contribution in [0, 0.1) is 12.8 Å². The van der Waals surface area contributed by atoms with Gasteiger partial charge in [0.2, 0.25) is 0 Å². The summed E-state index contributed by atoms with van der Waals surface area (Å²) in [5, 5.41) is 9.98. The standard InChI is InChI=1S/C21H22O5/c1-13(2)20(23)26-19-10-14(3)18(22)11-17(19)15(4)12-25-21(24)16-8-6-5-7-9-16/h5-11,13,22H,4,12H2,1-3H3. The number of carbonyl (C=O) groups excluding carboxylic acids is 2. The van der Waals surface area contributed by atoms with Gasteiger partial charge in [-0.2, -0.15) is 0 Å². The highest BCUT2D eigenvalue weighted by atomic mass is 16.5. The summed E-state index contributed by atoms with van der Waals surface area (Å²) in [6, 6.07) is 11.6. The molecule has 1 N–H and O–H groups in total. The fourth-order valence-corrected chi connectivity index (χ4v) is 2.14. The van der Waals surface area contributed by atoms with E-state index in [9.17, 15) is 14.7 Å². The second-order valence-electron chi connectivity index (χ2n) is 6.26. The van der Waals surface area contributed by atoms with Gasteiger partial charge < -0.3 is 14.6 Å². The Bertz CT molecular complexity index is 822. The zero-order valence-corrected chi connectivity index (χ0v) is 15.1. The van der Waals surface area contributed by atoms with Crippen molar-refractivity contribution < 1.29 is 24.2 Å². The van der Waals surface area contributed by atoms with Crippen molar-refractivity contribution >= 4 is 17.5 Å². The van der Waals surface area contributed by atoms with Crippen LogP contribution in [0.1, 0.15) is 35.3 Å². The fraction of sp³-hybridized carbons (Fsp3) is 0.238. The van der Waals surface area contributed by atoms with E-state index in [1.54, 1.807) is 57.2 Å². The van der Waals surface area contributed by atoms with E-state index >= 15 is 0 Å². The van der Waals surface area contributed by atoms with E-state index in [-0.39, 0.29) is 24.0 Å². The van der Waals surface area contributed by atoms with Crippen LogP contribution in [0.4, 0.5) is 0 Å². The molecule has 0 aromatic heterocycles. The van der Waals surface area contributed by atoms with Crippen LogP contribution in [0.3, 0.4) is 0 Å². The predicted molar refractivity (Wildman–Crippen MR) is 99.1 cm³/mol. The number of hydrogen-bond acceptors (Lipinski definition) is 5. The van der Waals surface area contributed by atoms with Crippen LogP contribution in [-0.2, 0) is 9.53 Å². The van der Waals surface area contributed by atoms with Crippen molar-refractivity contribution in [2.75, 3.05) is 6.61 Å². The molecule has 0 saturated carbocycles. The molecule has 0 heterocycles. The second-order valence-corrected chi connectivity index (χ2v) is 6.26. The Labute approximate surface area is 152 Å². The normalized spacial score (nSPS) is 10.5. The molecule has 26 heavy (non-hydrogen) atoms. The molecule has 5 nitrogen and oxygen atoms in total. The molecule has 0 radical (unpaired) electrons. The van der Waals surface area contributed by atoms with Gasteiger partial charge in [0.05, 0.1) is 11.5 Å². The molecule has 5 heteroatoms. The molecule has 0 amide bonds. The molecule has 136 valence electrons. The first-order chi connectivity index (χ1) is 12.3. The van der Waals surface area contributed by atoms with E-state index in [1.165, 1.54) is 6.07 Å². The number of hydrogen-bond donors (Lipinski definition) is 1. The molecule has 0 fully saturated rings. The van der Waals surface area contributed by atoms with Gasteiger partial charge in [0, 0.05) is 5.56 Å². The van der Waals surface area contributed by atoms with Crippen molar-refractivity contribution in [3.05, 3.63) is 65.7 Å². The number of carbonyl (C=O) groups is 2. The number of aryl methyl sites for hydroxylation is 1. The number of benzene rings is 2. The largest absolute Gasteiger partial charge is 0.508 e. The van der Waals surface area contributed by atoms with E-state index in [4.69, 9.17) is 9.47 Å². The van der Waals surface area contributed by atoms with E-state index in [2.05, 4.69) is 6.58 Å². The monoisotopic (exact) mass is 354 g/mol. The van der Waals surface area contributed by atoms with Crippen molar-refractivity contribution in [1.29, 1.82) is 0 Å². The number of ether oxygens (including phenoxy) is 2. The van der Waals surface area contributed by atoms with Gasteiger partial charge in [0.15, 0.2) is 0 Å². The third-order valence-corrected chi connectivity index (χ3v) is 3.75. The molecule has 2 aromatic carbocycles. The van der Waals surface area contributed by atoms with Crippen LogP contribution in [0.25, 0.3) is 5.57 Å². The Morgan fingerprint density at radius 3 is 2.42 bits per heavy atom. The average molecular weight is 354 g/mol. The lowest BCUT2D eigenvalue weighted by atomic mass is 10.0. The second kappa shape index (κ2) is 8.34. The van der Waals surface area contributed by atoms with E-state index in [0.717, 1.165) is 0 Å². The Morgan fingerprint density at radius 1 is 1.15 bits per heavy atom.